The van der Waals surface area contributed by atoms with E-state index in [1.54, 1.807) is 29.2 Å². The van der Waals surface area contributed by atoms with E-state index in [1.807, 2.05) is 13.8 Å². The lowest BCUT2D eigenvalue weighted by molar-refractivity contribution is -0.130. The molecule has 2 N–H and O–H groups in total. The van der Waals surface area contributed by atoms with Crippen molar-refractivity contribution < 1.29 is 15.0 Å². The maximum Gasteiger partial charge on any atom is 0.223 e. The van der Waals surface area contributed by atoms with Gasteiger partial charge < -0.3 is 15.1 Å². The molecule has 0 fully saturated rings. The molecule has 0 radical (unpaired) electrons. The number of carbonyl (C=O) groups is 1. The van der Waals surface area contributed by atoms with Crippen LogP contribution in [-0.4, -0.2) is 34.1 Å². The Labute approximate surface area is 138 Å². The number of hydrogen-bond donors (Lipinski definition) is 2. The van der Waals surface area contributed by atoms with E-state index in [0.717, 1.165) is 18.4 Å². The average Bonchev–Trinajstić information content (AvgIpc) is 2.46. The monoisotopic (exact) mass is 317 g/mol. The molecular formula is C19H27NO3. The number of rotatable bonds is 9. The third-order valence-electron chi connectivity index (χ3n) is 3.95. The van der Waals surface area contributed by atoms with Gasteiger partial charge in [0.05, 0.1) is 0 Å². The van der Waals surface area contributed by atoms with Crippen LogP contribution in [0.2, 0.25) is 0 Å². The van der Waals surface area contributed by atoms with Gasteiger partial charge in [-0.2, -0.15) is 0 Å². The van der Waals surface area contributed by atoms with E-state index < -0.39 is 0 Å². The summed E-state index contributed by atoms with van der Waals surface area (Å²) in [4.78, 5) is 13.9. The Morgan fingerprint density at radius 2 is 1.83 bits per heavy atom. The van der Waals surface area contributed by atoms with Gasteiger partial charge in [-0.3, -0.25) is 4.79 Å². The normalized spacial score (nSPS) is 11.0. The van der Waals surface area contributed by atoms with Gasteiger partial charge in [-0.05, 0) is 29.9 Å². The molecule has 0 unspecified atom stereocenters. The first kappa shape index (κ1) is 18.8. The highest BCUT2D eigenvalue weighted by atomic mass is 16.3. The molecule has 1 rings (SSSR count). The number of hydrogen-bond acceptors (Lipinski definition) is 3. The lowest BCUT2D eigenvalue weighted by atomic mass is 9.79. The van der Waals surface area contributed by atoms with E-state index in [2.05, 4.69) is 13.2 Å². The molecule has 0 heterocycles. The van der Waals surface area contributed by atoms with Crippen LogP contribution in [-0.2, 0) is 10.2 Å². The number of aromatic hydroxyl groups is 2. The molecule has 0 saturated heterocycles. The molecule has 23 heavy (non-hydrogen) atoms. The van der Waals surface area contributed by atoms with Gasteiger partial charge in [-0.15, -0.1) is 13.2 Å². The highest BCUT2D eigenvalue weighted by Gasteiger charge is 2.24. The summed E-state index contributed by atoms with van der Waals surface area (Å²) < 4.78 is 0. The number of benzene rings is 1. The van der Waals surface area contributed by atoms with Gasteiger partial charge in [0.1, 0.15) is 11.5 Å². The lowest BCUT2D eigenvalue weighted by Crippen LogP contribution is -2.31. The molecule has 126 valence electrons. The van der Waals surface area contributed by atoms with Crippen molar-refractivity contribution in [3.8, 4) is 11.5 Å². The average molecular weight is 317 g/mol. The molecule has 1 aromatic carbocycles. The third-order valence-corrected chi connectivity index (χ3v) is 3.95. The molecule has 1 aromatic rings. The van der Waals surface area contributed by atoms with Crippen LogP contribution in [0.25, 0.3) is 0 Å². The maximum absolute atomic E-state index is 12.2. The summed E-state index contributed by atoms with van der Waals surface area (Å²) >= 11 is 0. The summed E-state index contributed by atoms with van der Waals surface area (Å²) in [7, 11) is 0. The van der Waals surface area contributed by atoms with Crippen molar-refractivity contribution >= 4 is 5.91 Å². The van der Waals surface area contributed by atoms with Gasteiger partial charge in [-0.25, -0.2) is 0 Å². The van der Waals surface area contributed by atoms with E-state index in [1.165, 1.54) is 6.07 Å². The second-order valence-electron chi connectivity index (χ2n) is 6.31. The van der Waals surface area contributed by atoms with Crippen LogP contribution in [0.4, 0.5) is 0 Å². The first-order valence-electron chi connectivity index (χ1n) is 7.84. The third kappa shape index (κ3) is 5.47. The standard InChI is InChI=1S/C19H27NO3/c1-5-12-20(13-6-2)18(23)8-7-11-19(3,4)16-10-9-15(21)14-17(16)22/h5-6,9-10,14,21-22H,1-2,7-8,11-13H2,3-4H3. The zero-order chi connectivity index (χ0) is 17.5. The van der Waals surface area contributed by atoms with Gasteiger partial charge in [0.15, 0.2) is 0 Å². The Balaban J connectivity index is 2.63. The first-order chi connectivity index (χ1) is 10.8. The van der Waals surface area contributed by atoms with Crippen molar-refractivity contribution in [2.75, 3.05) is 13.1 Å². The van der Waals surface area contributed by atoms with Crippen molar-refractivity contribution in [2.24, 2.45) is 0 Å². The van der Waals surface area contributed by atoms with Crippen molar-refractivity contribution in [1.29, 1.82) is 0 Å². The Morgan fingerprint density at radius 3 is 2.35 bits per heavy atom. The van der Waals surface area contributed by atoms with Gasteiger partial charge in [0.2, 0.25) is 5.91 Å². The summed E-state index contributed by atoms with van der Waals surface area (Å²) in [5, 5.41) is 19.4. The van der Waals surface area contributed by atoms with Gasteiger partial charge in [-0.1, -0.05) is 32.1 Å². The van der Waals surface area contributed by atoms with Crippen LogP contribution in [0.1, 0.15) is 38.7 Å². The fraction of sp³-hybridized carbons (Fsp3) is 0.421. The molecule has 0 atom stereocenters. The minimum atomic E-state index is -0.278. The van der Waals surface area contributed by atoms with Crippen molar-refractivity contribution in [1.82, 2.24) is 4.90 Å². The van der Waals surface area contributed by atoms with Crippen LogP contribution >= 0.6 is 0 Å². The predicted octanol–water partition coefficient (Wildman–Crippen LogP) is 3.75. The molecule has 4 nitrogen and oxygen atoms in total. The Bertz CT molecular complexity index is 554. The van der Waals surface area contributed by atoms with Crippen LogP contribution in [0.3, 0.4) is 0 Å². The Kier molecular flexibility index (Phi) is 6.89. The number of amides is 1. The van der Waals surface area contributed by atoms with Gasteiger partial charge >= 0.3 is 0 Å². The molecule has 1 amide bonds. The predicted molar refractivity (Wildman–Crippen MR) is 93.6 cm³/mol. The molecule has 0 aliphatic rings. The molecule has 0 aliphatic heterocycles. The minimum Gasteiger partial charge on any atom is -0.508 e. The summed E-state index contributed by atoms with van der Waals surface area (Å²) in [6.45, 7) is 12.4. The number of phenols is 2. The van der Waals surface area contributed by atoms with Crippen LogP contribution in [0.5, 0.6) is 11.5 Å². The molecular weight excluding hydrogens is 290 g/mol. The van der Waals surface area contributed by atoms with E-state index in [0.29, 0.717) is 19.5 Å². The summed E-state index contributed by atoms with van der Waals surface area (Å²) in [5.41, 5.74) is 0.497. The minimum absolute atomic E-state index is 0.0433. The van der Waals surface area contributed by atoms with Crippen molar-refractivity contribution in [2.45, 2.75) is 38.5 Å². The topological polar surface area (TPSA) is 60.8 Å². The zero-order valence-corrected chi connectivity index (χ0v) is 14.1. The van der Waals surface area contributed by atoms with Gasteiger partial charge in [0, 0.05) is 25.6 Å². The number of carbonyl (C=O) groups excluding carboxylic acids is 1. The maximum atomic E-state index is 12.2. The highest BCUT2D eigenvalue weighted by molar-refractivity contribution is 5.76. The summed E-state index contributed by atoms with van der Waals surface area (Å²) in [6, 6.07) is 4.64. The molecule has 0 aromatic heterocycles. The van der Waals surface area contributed by atoms with Crippen LogP contribution in [0.15, 0.2) is 43.5 Å². The molecule has 0 spiro atoms. The second kappa shape index (κ2) is 8.42. The van der Waals surface area contributed by atoms with E-state index in [9.17, 15) is 15.0 Å². The van der Waals surface area contributed by atoms with Crippen molar-refractivity contribution in [3.63, 3.8) is 0 Å². The lowest BCUT2D eigenvalue weighted by Gasteiger charge is -2.27. The fourth-order valence-corrected chi connectivity index (χ4v) is 2.66. The fourth-order valence-electron chi connectivity index (χ4n) is 2.66. The van der Waals surface area contributed by atoms with Gasteiger partial charge in [0.25, 0.3) is 0 Å². The van der Waals surface area contributed by atoms with Crippen LogP contribution in [0, 0.1) is 0 Å². The zero-order valence-electron chi connectivity index (χ0n) is 14.1. The van der Waals surface area contributed by atoms with E-state index in [-0.39, 0.29) is 22.8 Å². The quantitative estimate of drug-likeness (QED) is 0.682. The molecule has 0 bridgehead atoms. The van der Waals surface area contributed by atoms with E-state index in [4.69, 9.17) is 0 Å². The smallest absolute Gasteiger partial charge is 0.223 e. The highest BCUT2D eigenvalue weighted by Crippen LogP contribution is 2.36. The Morgan fingerprint density at radius 1 is 1.22 bits per heavy atom. The number of nitrogens with zero attached hydrogens (tertiary/aromatic N) is 1. The Hall–Kier alpha value is -2.23. The molecule has 0 saturated carbocycles. The van der Waals surface area contributed by atoms with E-state index >= 15 is 0 Å². The second-order valence-corrected chi connectivity index (χ2v) is 6.31. The number of phenolic OH excluding ortho intramolecular Hbond substituents is 2. The van der Waals surface area contributed by atoms with Crippen LogP contribution < -0.4 is 0 Å². The molecule has 4 heteroatoms. The summed E-state index contributed by atoms with van der Waals surface area (Å²) in [6.07, 6.45) is 5.34. The summed E-state index contributed by atoms with van der Waals surface area (Å²) in [5.74, 6) is 0.207. The largest absolute Gasteiger partial charge is 0.508 e. The first-order valence-corrected chi connectivity index (χ1v) is 7.84. The SMILES string of the molecule is C=CCN(CC=C)C(=O)CCCC(C)(C)c1ccc(O)cc1O. The van der Waals surface area contributed by atoms with Crippen molar-refractivity contribution in [3.05, 3.63) is 49.1 Å². The molecule has 0 aliphatic carbocycles.